The molecule has 0 aromatic carbocycles. The maximum atomic E-state index is 12.0. The lowest BCUT2D eigenvalue weighted by molar-refractivity contribution is -0.140. The Morgan fingerprint density at radius 2 is 2.15 bits per heavy atom. The van der Waals surface area contributed by atoms with Crippen LogP contribution >= 0.6 is 0 Å². The van der Waals surface area contributed by atoms with Crippen molar-refractivity contribution in [2.24, 2.45) is 5.92 Å². The number of nitrogens with zero attached hydrogens (tertiary/aromatic N) is 2. The molecule has 110 valence electrons. The van der Waals surface area contributed by atoms with Gasteiger partial charge in [-0.3, -0.25) is 4.98 Å². The van der Waals surface area contributed by atoms with Gasteiger partial charge in [0.25, 0.3) is 0 Å². The molecule has 20 heavy (non-hydrogen) atoms. The molecule has 0 radical (unpaired) electrons. The van der Waals surface area contributed by atoms with E-state index in [0.29, 0.717) is 13.0 Å². The smallest absolute Gasteiger partial charge is 0.326 e. The van der Waals surface area contributed by atoms with Gasteiger partial charge in [-0.2, -0.15) is 0 Å². The Kier molecular flexibility index (Phi) is 5.96. The van der Waals surface area contributed by atoms with E-state index in [1.54, 1.807) is 26.2 Å². The standard InChI is InChI=1S/C14H21N3O3/c1-4-10(2)12(13(18)19)16-14(20)17(3)9-11-7-5-6-8-15-11/h5-8,10,12H,4,9H2,1-3H3,(H,16,20)(H,18,19)/t10-,12-/m0/s1. The van der Waals surface area contributed by atoms with E-state index in [-0.39, 0.29) is 5.92 Å². The first kappa shape index (κ1) is 15.9. The first-order valence-corrected chi connectivity index (χ1v) is 6.60. The molecule has 2 atom stereocenters. The van der Waals surface area contributed by atoms with Gasteiger partial charge in [-0.1, -0.05) is 26.3 Å². The van der Waals surface area contributed by atoms with E-state index in [1.165, 1.54) is 4.90 Å². The molecule has 0 saturated carbocycles. The summed E-state index contributed by atoms with van der Waals surface area (Å²) in [6.45, 7) is 4.03. The average molecular weight is 279 g/mol. The van der Waals surface area contributed by atoms with Crippen molar-refractivity contribution in [3.05, 3.63) is 30.1 Å². The van der Waals surface area contributed by atoms with Crippen molar-refractivity contribution < 1.29 is 14.7 Å². The van der Waals surface area contributed by atoms with Crippen LogP contribution in [0.3, 0.4) is 0 Å². The zero-order valence-electron chi connectivity index (χ0n) is 12.0. The second kappa shape index (κ2) is 7.47. The van der Waals surface area contributed by atoms with Crippen LogP contribution in [0.5, 0.6) is 0 Å². The number of carbonyl (C=O) groups excluding carboxylic acids is 1. The lowest BCUT2D eigenvalue weighted by Crippen LogP contribution is -2.49. The fourth-order valence-corrected chi connectivity index (χ4v) is 1.73. The first-order chi connectivity index (χ1) is 9.45. The second-order valence-electron chi connectivity index (χ2n) is 4.83. The molecule has 0 bridgehead atoms. The largest absolute Gasteiger partial charge is 0.480 e. The molecular weight excluding hydrogens is 258 g/mol. The van der Waals surface area contributed by atoms with E-state index in [2.05, 4.69) is 10.3 Å². The number of carboxylic acids is 1. The molecule has 0 aliphatic carbocycles. The third kappa shape index (κ3) is 4.53. The Labute approximate surface area is 118 Å². The van der Waals surface area contributed by atoms with Crippen molar-refractivity contribution in [3.8, 4) is 0 Å². The Bertz CT molecular complexity index is 450. The number of nitrogens with one attached hydrogen (secondary N) is 1. The van der Waals surface area contributed by atoms with Crippen molar-refractivity contribution in [1.29, 1.82) is 0 Å². The van der Waals surface area contributed by atoms with Gasteiger partial charge in [0.1, 0.15) is 6.04 Å². The van der Waals surface area contributed by atoms with Gasteiger partial charge in [-0.15, -0.1) is 0 Å². The topological polar surface area (TPSA) is 82.5 Å². The van der Waals surface area contributed by atoms with Gasteiger partial charge in [0.05, 0.1) is 12.2 Å². The molecule has 2 N–H and O–H groups in total. The third-order valence-corrected chi connectivity index (χ3v) is 3.23. The quantitative estimate of drug-likeness (QED) is 0.830. The molecule has 0 fully saturated rings. The number of carboxylic acid groups (broad SMARTS) is 1. The Morgan fingerprint density at radius 3 is 2.65 bits per heavy atom. The summed E-state index contributed by atoms with van der Waals surface area (Å²) in [5, 5.41) is 11.7. The lowest BCUT2D eigenvalue weighted by Gasteiger charge is -2.24. The van der Waals surface area contributed by atoms with E-state index in [1.807, 2.05) is 19.1 Å². The maximum absolute atomic E-state index is 12.0. The van der Waals surface area contributed by atoms with E-state index < -0.39 is 18.0 Å². The van der Waals surface area contributed by atoms with Crippen LogP contribution in [0.1, 0.15) is 26.0 Å². The summed E-state index contributed by atoms with van der Waals surface area (Å²) in [7, 11) is 1.61. The SMILES string of the molecule is CC[C@H](C)[C@H](NC(=O)N(C)Cc1ccccn1)C(=O)O. The van der Waals surface area contributed by atoms with Crippen LogP contribution in [0, 0.1) is 5.92 Å². The summed E-state index contributed by atoms with van der Waals surface area (Å²) in [5.41, 5.74) is 0.751. The molecule has 0 saturated heterocycles. The van der Waals surface area contributed by atoms with Crippen molar-refractivity contribution in [2.45, 2.75) is 32.9 Å². The minimum atomic E-state index is -1.01. The lowest BCUT2D eigenvalue weighted by atomic mass is 9.99. The van der Waals surface area contributed by atoms with Crippen LogP contribution in [-0.2, 0) is 11.3 Å². The fraction of sp³-hybridized carbons (Fsp3) is 0.500. The number of rotatable bonds is 6. The minimum Gasteiger partial charge on any atom is -0.480 e. The van der Waals surface area contributed by atoms with E-state index in [9.17, 15) is 9.59 Å². The Hall–Kier alpha value is -2.11. The average Bonchev–Trinajstić information content (AvgIpc) is 2.44. The molecule has 0 aliphatic rings. The zero-order chi connectivity index (χ0) is 15.1. The van der Waals surface area contributed by atoms with Crippen LogP contribution < -0.4 is 5.32 Å². The van der Waals surface area contributed by atoms with Gasteiger partial charge in [0.2, 0.25) is 0 Å². The predicted octanol–water partition coefficient (Wildman–Crippen LogP) is 1.72. The summed E-state index contributed by atoms with van der Waals surface area (Å²) >= 11 is 0. The van der Waals surface area contributed by atoms with E-state index >= 15 is 0 Å². The van der Waals surface area contributed by atoms with Gasteiger partial charge < -0.3 is 15.3 Å². The van der Waals surface area contributed by atoms with Crippen LogP contribution in [-0.4, -0.2) is 40.1 Å². The molecular formula is C14H21N3O3. The third-order valence-electron chi connectivity index (χ3n) is 3.23. The molecule has 1 aromatic heterocycles. The number of carbonyl (C=O) groups is 2. The number of hydrogen-bond acceptors (Lipinski definition) is 3. The second-order valence-corrected chi connectivity index (χ2v) is 4.83. The maximum Gasteiger partial charge on any atom is 0.326 e. The number of hydrogen-bond donors (Lipinski definition) is 2. The van der Waals surface area contributed by atoms with Gasteiger partial charge in [-0.05, 0) is 18.1 Å². The van der Waals surface area contributed by atoms with Crippen molar-refractivity contribution in [2.75, 3.05) is 7.05 Å². The molecule has 1 aromatic rings. The summed E-state index contributed by atoms with van der Waals surface area (Å²) < 4.78 is 0. The fourth-order valence-electron chi connectivity index (χ4n) is 1.73. The van der Waals surface area contributed by atoms with Gasteiger partial charge in [0.15, 0.2) is 0 Å². The van der Waals surface area contributed by atoms with Crippen molar-refractivity contribution in [3.63, 3.8) is 0 Å². The van der Waals surface area contributed by atoms with E-state index in [0.717, 1.165) is 5.69 Å². The molecule has 2 amide bonds. The minimum absolute atomic E-state index is 0.125. The predicted molar refractivity (Wildman–Crippen MR) is 75.1 cm³/mol. The van der Waals surface area contributed by atoms with Crippen molar-refractivity contribution in [1.82, 2.24) is 15.2 Å². The van der Waals surface area contributed by atoms with Gasteiger partial charge >= 0.3 is 12.0 Å². The highest BCUT2D eigenvalue weighted by atomic mass is 16.4. The highest BCUT2D eigenvalue weighted by Crippen LogP contribution is 2.09. The molecule has 6 nitrogen and oxygen atoms in total. The molecule has 0 aliphatic heterocycles. The van der Waals surface area contributed by atoms with Crippen LogP contribution in [0.4, 0.5) is 4.79 Å². The van der Waals surface area contributed by atoms with Crippen molar-refractivity contribution >= 4 is 12.0 Å². The number of amides is 2. The highest BCUT2D eigenvalue weighted by Gasteiger charge is 2.26. The van der Waals surface area contributed by atoms with Gasteiger partial charge in [-0.25, -0.2) is 9.59 Å². The van der Waals surface area contributed by atoms with Crippen LogP contribution in [0.2, 0.25) is 0 Å². The first-order valence-electron chi connectivity index (χ1n) is 6.60. The summed E-state index contributed by atoms with van der Waals surface area (Å²) in [6.07, 6.45) is 2.33. The number of aliphatic carboxylic acids is 1. The molecule has 0 spiro atoms. The van der Waals surface area contributed by atoms with E-state index in [4.69, 9.17) is 5.11 Å². The number of urea groups is 1. The summed E-state index contributed by atoms with van der Waals surface area (Å²) in [4.78, 5) is 28.7. The molecule has 1 heterocycles. The molecule has 1 rings (SSSR count). The zero-order valence-corrected chi connectivity index (χ0v) is 12.0. The molecule has 0 unspecified atom stereocenters. The van der Waals surface area contributed by atoms with Gasteiger partial charge in [0, 0.05) is 13.2 Å². The Balaban J connectivity index is 2.62. The van der Waals surface area contributed by atoms with Crippen LogP contribution in [0.15, 0.2) is 24.4 Å². The van der Waals surface area contributed by atoms with Crippen LogP contribution in [0.25, 0.3) is 0 Å². The monoisotopic (exact) mass is 279 g/mol. The summed E-state index contributed by atoms with van der Waals surface area (Å²) in [6, 6.07) is 4.16. The Morgan fingerprint density at radius 1 is 1.45 bits per heavy atom. The number of aromatic nitrogens is 1. The summed E-state index contributed by atoms with van der Waals surface area (Å²) in [5.74, 6) is -1.14. The highest BCUT2D eigenvalue weighted by molar-refractivity contribution is 5.82. The number of pyridine rings is 1. The molecule has 6 heteroatoms. The normalized spacial score (nSPS) is 13.3.